The second-order valence-corrected chi connectivity index (χ2v) is 4.60. The lowest BCUT2D eigenvalue weighted by molar-refractivity contribution is 0.476. The number of aliphatic imine (C=N–C) groups is 1. The number of halogens is 2. The van der Waals surface area contributed by atoms with Crippen LogP contribution in [0.5, 0.6) is 5.75 Å². The van der Waals surface area contributed by atoms with Crippen LogP contribution in [0, 0.1) is 18.4 Å². The number of aromatic hydroxyl groups is 1. The molecule has 0 radical (unpaired) electrons. The number of phenols is 1. The summed E-state index contributed by atoms with van der Waals surface area (Å²) in [5, 5.41) is 21.6. The van der Waals surface area contributed by atoms with Crippen molar-refractivity contribution in [3.05, 3.63) is 21.7 Å². The Morgan fingerprint density at radius 2 is 2.24 bits per heavy atom. The first kappa shape index (κ1) is 14.0. The van der Waals surface area contributed by atoms with Crippen LogP contribution in [0.1, 0.15) is 5.56 Å². The zero-order valence-electron chi connectivity index (χ0n) is 9.08. The molecule has 0 fully saturated rings. The van der Waals surface area contributed by atoms with Crippen molar-refractivity contribution in [1.82, 2.24) is 5.32 Å². The average molecular weight is 290 g/mol. The molecule has 0 heterocycles. The van der Waals surface area contributed by atoms with Crippen LogP contribution in [0.4, 0.5) is 5.69 Å². The number of thioether (sulfide) groups is 1. The van der Waals surface area contributed by atoms with E-state index in [4.69, 9.17) is 28.5 Å². The number of phenolic OH excluding ortho intramolecular Hbond substituents is 1. The van der Waals surface area contributed by atoms with Crippen LogP contribution in [0.2, 0.25) is 10.0 Å². The molecule has 0 aliphatic carbocycles. The van der Waals surface area contributed by atoms with Crippen LogP contribution in [0.25, 0.3) is 0 Å². The number of nitriles is 1. The molecule has 0 saturated carbocycles. The molecule has 4 nitrogen and oxygen atoms in total. The van der Waals surface area contributed by atoms with Gasteiger partial charge in [-0.15, -0.1) is 0 Å². The molecule has 17 heavy (non-hydrogen) atoms. The Hall–Kier alpha value is -1.09. The lowest BCUT2D eigenvalue weighted by Crippen LogP contribution is -2.12. The molecule has 0 spiro atoms. The summed E-state index contributed by atoms with van der Waals surface area (Å²) in [6, 6.07) is 1.49. The molecule has 0 bridgehead atoms. The second kappa shape index (κ2) is 6.01. The quantitative estimate of drug-likeness (QED) is 0.360. The maximum Gasteiger partial charge on any atom is 0.183 e. The fourth-order valence-electron chi connectivity index (χ4n) is 1.06. The van der Waals surface area contributed by atoms with Crippen LogP contribution >= 0.6 is 35.0 Å². The van der Waals surface area contributed by atoms with Gasteiger partial charge in [0.2, 0.25) is 0 Å². The van der Waals surface area contributed by atoms with Crippen LogP contribution in [-0.4, -0.2) is 16.5 Å². The van der Waals surface area contributed by atoms with Gasteiger partial charge in [-0.05, 0) is 24.8 Å². The summed E-state index contributed by atoms with van der Waals surface area (Å²) in [6.45, 7) is 1.70. The number of benzene rings is 1. The third kappa shape index (κ3) is 3.19. The number of hydrogen-bond acceptors (Lipinski definition) is 4. The fourth-order valence-corrected chi connectivity index (χ4v) is 1.84. The predicted molar refractivity (Wildman–Crippen MR) is 72.2 cm³/mol. The van der Waals surface area contributed by atoms with E-state index in [0.717, 1.165) is 0 Å². The Morgan fingerprint density at radius 1 is 1.59 bits per heavy atom. The molecule has 0 saturated heterocycles. The molecular weight excluding hydrogens is 281 g/mol. The third-order valence-corrected chi connectivity index (χ3v) is 3.41. The van der Waals surface area contributed by atoms with E-state index < -0.39 is 0 Å². The first-order chi connectivity index (χ1) is 8.01. The van der Waals surface area contributed by atoms with Crippen LogP contribution < -0.4 is 5.32 Å². The average Bonchev–Trinajstić information content (AvgIpc) is 2.32. The number of hydrogen-bond donors (Lipinski definition) is 2. The molecule has 1 aromatic carbocycles. The van der Waals surface area contributed by atoms with Gasteiger partial charge in [-0.25, -0.2) is 4.99 Å². The van der Waals surface area contributed by atoms with Gasteiger partial charge in [-0.3, -0.25) is 5.32 Å². The lowest BCUT2D eigenvalue weighted by atomic mass is 10.2. The van der Waals surface area contributed by atoms with Crippen molar-refractivity contribution < 1.29 is 5.11 Å². The zero-order valence-corrected chi connectivity index (χ0v) is 11.4. The van der Waals surface area contributed by atoms with Gasteiger partial charge in [-0.1, -0.05) is 35.0 Å². The van der Waals surface area contributed by atoms with Gasteiger partial charge in [0.05, 0.1) is 5.02 Å². The molecule has 0 amide bonds. The van der Waals surface area contributed by atoms with Crippen LogP contribution in [0.15, 0.2) is 11.1 Å². The summed E-state index contributed by atoms with van der Waals surface area (Å²) in [5.74, 6) is -0.153. The van der Waals surface area contributed by atoms with E-state index in [1.165, 1.54) is 17.8 Å². The van der Waals surface area contributed by atoms with Crippen molar-refractivity contribution >= 4 is 45.8 Å². The Balaban J connectivity index is 3.29. The third-order valence-electron chi connectivity index (χ3n) is 1.98. The van der Waals surface area contributed by atoms with E-state index in [1.54, 1.807) is 19.4 Å². The Kier molecular flexibility index (Phi) is 4.94. The highest BCUT2D eigenvalue weighted by atomic mass is 35.5. The molecule has 2 N–H and O–H groups in total. The minimum absolute atomic E-state index is 0.153. The van der Waals surface area contributed by atoms with Crippen molar-refractivity contribution in [1.29, 1.82) is 5.26 Å². The van der Waals surface area contributed by atoms with Crippen LogP contribution in [0.3, 0.4) is 0 Å². The normalized spacial score (nSPS) is 11.1. The molecule has 0 aliphatic rings. The predicted octanol–water partition coefficient (Wildman–Crippen LogP) is 3.43. The molecular formula is C10H9Cl2N3OS. The topological polar surface area (TPSA) is 68.4 Å². The molecule has 0 aromatic heterocycles. The first-order valence-corrected chi connectivity index (χ1v) is 6.44. The highest BCUT2D eigenvalue weighted by Crippen LogP contribution is 2.40. The molecule has 0 aliphatic heterocycles. The second-order valence-electron chi connectivity index (χ2n) is 3.02. The van der Waals surface area contributed by atoms with Crippen molar-refractivity contribution in [2.24, 2.45) is 4.99 Å². The summed E-state index contributed by atoms with van der Waals surface area (Å²) in [7, 11) is 0. The number of nitrogens with one attached hydrogen (secondary N) is 1. The Bertz CT molecular complexity index is 511. The molecule has 7 heteroatoms. The molecule has 1 aromatic rings. The van der Waals surface area contributed by atoms with Crippen molar-refractivity contribution in [2.75, 3.05) is 6.26 Å². The maximum atomic E-state index is 9.80. The summed E-state index contributed by atoms with van der Waals surface area (Å²) >= 11 is 13.1. The van der Waals surface area contributed by atoms with Gasteiger partial charge in [0.1, 0.15) is 5.69 Å². The van der Waals surface area contributed by atoms with Gasteiger partial charge >= 0.3 is 0 Å². The molecule has 0 atom stereocenters. The SMILES string of the molecule is CSC(=Nc1cc(Cl)c(C)c(Cl)c1O)NC#N. The highest BCUT2D eigenvalue weighted by Gasteiger charge is 2.12. The minimum atomic E-state index is -0.153. The summed E-state index contributed by atoms with van der Waals surface area (Å²) in [6.07, 6.45) is 3.50. The standard InChI is InChI=1S/C10H9Cl2N3OS/c1-5-6(11)3-7(9(16)8(5)12)15-10(17-2)14-4-13/h3,16H,1-2H3,(H,14,15). The monoisotopic (exact) mass is 289 g/mol. The Labute approximate surface area is 113 Å². The highest BCUT2D eigenvalue weighted by molar-refractivity contribution is 8.13. The summed E-state index contributed by atoms with van der Waals surface area (Å²) < 4.78 is 0. The number of rotatable bonds is 1. The van der Waals surface area contributed by atoms with Crippen LogP contribution in [-0.2, 0) is 0 Å². The Morgan fingerprint density at radius 3 is 2.76 bits per heavy atom. The van der Waals surface area contributed by atoms with E-state index in [9.17, 15) is 5.11 Å². The zero-order chi connectivity index (χ0) is 13.0. The van der Waals surface area contributed by atoms with E-state index in [0.29, 0.717) is 15.8 Å². The van der Waals surface area contributed by atoms with Crippen molar-refractivity contribution in [2.45, 2.75) is 6.92 Å². The molecule has 1 rings (SSSR count). The van der Waals surface area contributed by atoms with E-state index in [1.807, 2.05) is 0 Å². The van der Waals surface area contributed by atoms with E-state index >= 15 is 0 Å². The number of nitrogens with zero attached hydrogens (tertiary/aromatic N) is 2. The minimum Gasteiger partial charge on any atom is -0.504 e. The molecule has 90 valence electrons. The summed E-state index contributed by atoms with van der Waals surface area (Å²) in [4.78, 5) is 4.06. The van der Waals surface area contributed by atoms with Gasteiger partial charge in [0.15, 0.2) is 17.1 Å². The van der Waals surface area contributed by atoms with E-state index in [-0.39, 0.29) is 16.5 Å². The maximum absolute atomic E-state index is 9.80. The largest absolute Gasteiger partial charge is 0.504 e. The summed E-state index contributed by atoms with van der Waals surface area (Å²) in [5.41, 5.74) is 0.807. The lowest BCUT2D eigenvalue weighted by Gasteiger charge is -2.07. The van der Waals surface area contributed by atoms with Gasteiger partial charge < -0.3 is 5.11 Å². The first-order valence-electron chi connectivity index (χ1n) is 4.46. The van der Waals surface area contributed by atoms with E-state index in [2.05, 4.69) is 10.3 Å². The van der Waals surface area contributed by atoms with Crippen molar-refractivity contribution in [3.63, 3.8) is 0 Å². The number of amidine groups is 1. The smallest absolute Gasteiger partial charge is 0.183 e. The fraction of sp³-hybridized carbons (Fsp3) is 0.200. The van der Waals surface area contributed by atoms with Gasteiger partial charge in [0, 0.05) is 5.02 Å². The molecule has 0 unspecified atom stereocenters. The van der Waals surface area contributed by atoms with Gasteiger partial charge in [0.25, 0.3) is 0 Å². The van der Waals surface area contributed by atoms with Crippen molar-refractivity contribution in [3.8, 4) is 11.9 Å². The van der Waals surface area contributed by atoms with Gasteiger partial charge in [-0.2, -0.15) is 5.26 Å².